The Balaban J connectivity index is 1.16. The van der Waals surface area contributed by atoms with Crippen molar-refractivity contribution in [2.75, 3.05) is 19.0 Å². The maximum Gasteiger partial charge on any atom is 0.187 e. The molecule has 10 atom stereocenters. The Kier molecular flexibility index (Phi) is 19.0. The molecule has 10 heteroatoms. The van der Waals surface area contributed by atoms with Crippen molar-refractivity contribution in [3.8, 4) is 0 Å². The molecule has 0 aromatic heterocycles. The molecule has 2 aliphatic heterocycles. The van der Waals surface area contributed by atoms with Crippen LogP contribution < -0.4 is 0 Å². The van der Waals surface area contributed by atoms with Gasteiger partial charge in [0.1, 0.15) is 42.1 Å². The molecular formula is C57H64O9S. The molecular weight excluding hydrogens is 861 g/mol. The quantitative estimate of drug-likeness (QED) is 0.0585. The smallest absolute Gasteiger partial charge is 0.187 e. The number of thioether (sulfide) groups is 1. The monoisotopic (exact) mass is 924 g/mol. The summed E-state index contributed by atoms with van der Waals surface area (Å²) in [4.78, 5) is 0. The van der Waals surface area contributed by atoms with Gasteiger partial charge in [-0.2, -0.15) is 0 Å². The van der Waals surface area contributed by atoms with Crippen LogP contribution >= 0.6 is 11.8 Å². The Bertz CT molecular complexity index is 2240. The van der Waals surface area contributed by atoms with Crippen molar-refractivity contribution in [1.29, 1.82) is 0 Å². The summed E-state index contributed by atoms with van der Waals surface area (Å²) < 4.78 is 62.8. The highest BCUT2D eigenvalue weighted by Crippen LogP contribution is 2.39. The molecule has 0 aliphatic carbocycles. The molecule has 9 nitrogen and oxygen atoms in total. The Hall–Kier alpha value is -4.69. The van der Waals surface area contributed by atoms with E-state index in [1.165, 1.54) is 0 Å². The molecule has 2 saturated heterocycles. The zero-order chi connectivity index (χ0) is 45.9. The highest BCUT2D eigenvalue weighted by Gasteiger charge is 2.53. The van der Waals surface area contributed by atoms with Crippen molar-refractivity contribution in [3.05, 3.63) is 215 Å². The van der Waals surface area contributed by atoms with Crippen molar-refractivity contribution in [2.45, 2.75) is 108 Å². The fourth-order valence-corrected chi connectivity index (χ4v) is 9.59. The van der Waals surface area contributed by atoms with Gasteiger partial charge in [0, 0.05) is 5.92 Å². The lowest BCUT2D eigenvalue weighted by molar-refractivity contribution is -0.356. The Morgan fingerprint density at radius 1 is 0.388 bits per heavy atom. The van der Waals surface area contributed by atoms with E-state index in [9.17, 15) is 0 Å². The molecule has 352 valence electrons. The topological polar surface area (TPSA) is 83.1 Å². The van der Waals surface area contributed by atoms with Gasteiger partial charge in [0.05, 0.1) is 59.0 Å². The lowest BCUT2D eigenvalue weighted by Gasteiger charge is -2.50. The van der Waals surface area contributed by atoms with E-state index in [0.29, 0.717) is 33.0 Å². The predicted octanol–water partition coefficient (Wildman–Crippen LogP) is 11.0. The first-order chi connectivity index (χ1) is 33.1. The van der Waals surface area contributed by atoms with Gasteiger partial charge in [0.15, 0.2) is 6.29 Å². The second kappa shape index (κ2) is 26.2. The van der Waals surface area contributed by atoms with Gasteiger partial charge in [-0.05, 0) is 39.1 Å². The predicted molar refractivity (Wildman–Crippen MR) is 262 cm³/mol. The second-order valence-electron chi connectivity index (χ2n) is 17.0. The first-order valence-electron chi connectivity index (χ1n) is 23.5. The highest BCUT2D eigenvalue weighted by atomic mass is 32.2. The van der Waals surface area contributed by atoms with Gasteiger partial charge in [-0.3, -0.25) is 0 Å². The highest BCUT2D eigenvalue weighted by molar-refractivity contribution is 7.99. The molecule has 0 spiro atoms. The normalized spacial score (nSPS) is 25.2. The minimum atomic E-state index is -0.970. The molecule has 0 bridgehead atoms. The lowest BCUT2D eigenvalue weighted by Crippen LogP contribution is -2.64. The molecule has 2 aliphatic rings. The van der Waals surface area contributed by atoms with E-state index >= 15 is 0 Å². The average molecular weight is 925 g/mol. The van der Waals surface area contributed by atoms with Crippen LogP contribution in [0.15, 0.2) is 182 Å². The van der Waals surface area contributed by atoms with Gasteiger partial charge in [-0.25, -0.2) is 0 Å². The number of hydrogen-bond acceptors (Lipinski definition) is 10. The Morgan fingerprint density at radius 3 is 1.13 bits per heavy atom. The summed E-state index contributed by atoms with van der Waals surface area (Å²) in [5.74, 6) is 0.813. The van der Waals surface area contributed by atoms with Crippen molar-refractivity contribution in [2.24, 2.45) is 5.92 Å². The van der Waals surface area contributed by atoms with E-state index in [1.807, 2.05) is 109 Å². The van der Waals surface area contributed by atoms with E-state index < -0.39 is 49.0 Å². The summed E-state index contributed by atoms with van der Waals surface area (Å²) in [6, 6.07) is 61.0. The van der Waals surface area contributed by atoms with Crippen LogP contribution in [0.3, 0.4) is 0 Å². The van der Waals surface area contributed by atoms with E-state index in [-0.39, 0.29) is 31.2 Å². The molecule has 4 unspecified atom stereocenters. The summed E-state index contributed by atoms with van der Waals surface area (Å²) in [6.45, 7) is 6.93. The first-order valence-corrected chi connectivity index (χ1v) is 24.6. The third-order valence-corrected chi connectivity index (χ3v) is 13.3. The number of hydrogen-bond donors (Lipinski definition) is 0. The van der Waals surface area contributed by atoms with Gasteiger partial charge in [-0.1, -0.05) is 196 Å². The Morgan fingerprint density at radius 2 is 0.731 bits per heavy atom. The molecule has 0 saturated carbocycles. The van der Waals surface area contributed by atoms with Crippen molar-refractivity contribution in [3.63, 3.8) is 0 Å². The van der Waals surface area contributed by atoms with Crippen molar-refractivity contribution in [1.82, 2.24) is 0 Å². The number of rotatable bonds is 24. The van der Waals surface area contributed by atoms with Crippen molar-refractivity contribution < 1.29 is 42.6 Å². The summed E-state index contributed by atoms with van der Waals surface area (Å²) in [6.07, 6.45) is -5.23. The van der Waals surface area contributed by atoms with Crippen LogP contribution in [-0.4, -0.2) is 73.4 Å². The van der Waals surface area contributed by atoms with E-state index in [0.717, 1.165) is 39.1 Å². The molecule has 2 fully saturated rings. The fourth-order valence-electron chi connectivity index (χ4n) is 8.59. The maximum atomic E-state index is 7.46. The van der Waals surface area contributed by atoms with Crippen LogP contribution in [0.1, 0.15) is 47.2 Å². The van der Waals surface area contributed by atoms with Gasteiger partial charge in [-0.15, -0.1) is 11.8 Å². The third-order valence-electron chi connectivity index (χ3n) is 12.1. The van der Waals surface area contributed by atoms with Crippen LogP contribution in [0.2, 0.25) is 0 Å². The van der Waals surface area contributed by atoms with E-state index in [4.69, 9.17) is 42.6 Å². The molecule has 6 aromatic rings. The standard InChI is InChI=1S/C57H64O9S/c1-3-67-57-42(2)51(60-36-45-26-14-6-15-27-45)53(50(65-57)41-59-35-44-24-12-5-13-25-44)66-56-55(63-39-48-32-20-9-21-33-48)54(62-38-47-30-18-8-19-31-47)52(61-37-46-28-16-7-17-29-46)49(64-56)40-58-34-43-22-10-4-11-23-43/h4-33,42,49-57H,3,34-41H2,1-2H3/t42?,49?,50?,51-,52+,53-,54-,55?,56+,57+/m1/s1. The minimum absolute atomic E-state index is 0.0617. The van der Waals surface area contributed by atoms with Crippen LogP contribution in [0.5, 0.6) is 0 Å². The molecule has 0 radical (unpaired) electrons. The largest absolute Gasteiger partial charge is 0.374 e. The van der Waals surface area contributed by atoms with Crippen LogP contribution in [0.4, 0.5) is 0 Å². The second-order valence-corrected chi connectivity index (χ2v) is 18.4. The molecule has 6 aromatic carbocycles. The lowest BCUT2D eigenvalue weighted by atomic mass is 9.92. The summed E-state index contributed by atoms with van der Waals surface area (Å²) in [5.41, 5.74) is 6.08. The zero-order valence-electron chi connectivity index (χ0n) is 38.5. The van der Waals surface area contributed by atoms with Gasteiger partial charge in [0.25, 0.3) is 0 Å². The van der Waals surface area contributed by atoms with Crippen LogP contribution in [0, 0.1) is 5.92 Å². The average Bonchev–Trinajstić information content (AvgIpc) is 3.38. The van der Waals surface area contributed by atoms with E-state index in [2.05, 4.69) is 86.6 Å². The molecule has 0 amide bonds. The molecule has 67 heavy (non-hydrogen) atoms. The summed E-state index contributed by atoms with van der Waals surface area (Å²) in [7, 11) is 0. The number of benzene rings is 6. The maximum absolute atomic E-state index is 7.46. The van der Waals surface area contributed by atoms with Crippen molar-refractivity contribution >= 4 is 11.8 Å². The molecule has 2 heterocycles. The summed E-state index contributed by atoms with van der Waals surface area (Å²) >= 11 is 1.77. The number of ether oxygens (including phenoxy) is 9. The Labute approximate surface area is 401 Å². The molecule has 8 rings (SSSR count). The van der Waals surface area contributed by atoms with Crippen LogP contribution in [-0.2, 0) is 82.3 Å². The van der Waals surface area contributed by atoms with Gasteiger partial charge in [0.2, 0.25) is 0 Å². The SMILES string of the molecule is CCS[C@@H]1OC(COCc2ccccc2)[C@@H](O[C@@H]2OC(COCc3ccccc3)[C@H](OCc3ccccc3)[C@@H](OCc3ccccc3)C2OCc2ccccc2)[C@H](OCc2ccccc2)C1C. The minimum Gasteiger partial charge on any atom is -0.374 e. The van der Waals surface area contributed by atoms with Gasteiger partial charge >= 0.3 is 0 Å². The molecule has 0 N–H and O–H groups in total. The van der Waals surface area contributed by atoms with Crippen LogP contribution in [0.25, 0.3) is 0 Å². The van der Waals surface area contributed by atoms with Gasteiger partial charge < -0.3 is 42.6 Å². The fraction of sp³-hybridized carbons (Fsp3) is 0.368. The third kappa shape index (κ3) is 14.4. The zero-order valence-corrected chi connectivity index (χ0v) is 39.4. The van der Waals surface area contributed by atoms with E-state index in [1.54, 1.807) is 11.8 Å². The summed E-state index contributed by atoms with van der Waals surface area (Å²) in [5, 5.41) is 0. The first kappa shape index (κ1) is 48.8.